The van der Waals surface area contributed by atoms with E-state index in [0.29, 0.717) is 6.61 Å². The molecular formula is C10H14O2S. The first-order chi connectivity index (χ1) is 6.15. The van der Waals surface area contributed by atoms with Crippen molar-refractivity contribution >= 4 is 17.3 Å². The number of thiophene rings is 1. The summed E-state index contributed by atoms with van der Waals surface area (Å²) < 4.78 is 4.94. The van der Waals surface area contributed by atoms with Crippen LogP contribution in [0.5, 0.6) is 0 Å². The van der Waals surface area contributed by atoms with Crippen molar-refractivity contribution in [3.63, 3.8) is 0 Å². The zero-order chi connectivity index (χ0) is 9.84. The number of hydrogen-bond donors (Lipinski definition) is 0. The second-order valence-corrected chi connectivity index (χ2v) is 4.24. The van der Waals surface area contributed by atoms with E-state index in [0.717, 1.165) is 4.88 Å². The first-order valence-electron chi connectivity index (χ1n) is 4.38. The maximum Gasteiger partial charge on any atom is 0.313 e. The summed E-state index contributed by atoms with van der Waals surface area (Å²) in [6.45, 7) is 6.19. The van der Waals surface area contributed by atoms with Crippen molar-refractivity contribution in [3.05, 3.63) is 21.9 Å². The van der Waals surface area contributed by atoms with Crippen LogP contribution in [0.25, 0.3) is 0 Å². The normalized spacial score (nSPS) is 12.5. The number of esters is 1. The molecule has 0 fully saturated rings. The summed E-state index contributed by atoms with van der Waals surface area (Å²) in [7, 11) is 0. The zero-order valence-corrected chi connectivity index (χ0v) is 8.98. The van der Waals surface area contributed by atoms with E-state index in [4.69, 9.17) is 4.74 Å². The Labute approximate surface area is 82.5 Å². The number of rotatable bonds is 3. The van der Waals surface area contributed by atoms with E-state index in [9.17, 15) is 4.79 Å². The fourth-order valence-corrected chi connectivity index (χ4v) is 1.99. The molecule has 0 amide bonds. The monoisotopic (exact) mass is 198 g/mol. The van der Waals surface area contributed by atoms with E-state index < -0.39 is 0 Å². The van der Waals surface area contributed by atoms with Crippen molar-refractivity contribution < 1.29 is 9.53 Å². The molecule has 0 aromatic carbocycles. The third kappa shape index (κ3) is 2.56. The van der Waals surface area contributed by atoms with E-state index >= 15 is 0 Å². The first-order valence-corrected chi connectivity index (χ1v) is 5.19. The third-order valence-electron chi connectivity index (χ3n) is 1.83. The molecule has 1 aromatic rings. The number of aryl methyl sites for hydroxylation is 1. The lowest BCUT2D eigenvalue weighted by Crippen LogP contribution is -2.11. The minimum absolute atomic E-state index is 0.126. The molecule has 1 aromatic heterocycles. The number of hydrogen-bond acceptors (Lipinski definition) is 3. The maximum atomic E-state index is 11.3. The molecule has 0 spiro atoms. The van der Waals surface area contributed by atoms with Gasteiger partial charge >= 0.3 is 5.97 Å². The van der Waals surface area contributed by atoms with E-state index in [1.165, 1.54) is 4.88 Å². The van der Waals surface area contributed by atoms with Crippen molar-refractivity contribution in [2.45, 2.75) is 26.7 Å². The molecule has 0 radical (unpaired) electrons. The van der Waals surface area contributed by atoms with Gasteiger partial charge in [-0.1, -0.05) is 0 Å². The van der Waals surface area contributed by atoms with Crippen LogP contribution in [0.2, 0.25) is 0 Å². The van der Waals surface area contributed by atoms with Crippen LogP contribution in [0.3, 0.4) is 0 Å². The Bertz CT molecular complexity index is 291. The SMILES string of the molecule is CCOC(=O)C(C)c1ccc(C)s1. The summed E-state index contributed by atoms with van der Waals surface area (Å²) in [6, 6.07) is 4.01. The van der Waals surface area contributed by atoms with Gasteiger partial charge in [0.1, 0.15) is 0 Å². The van der Waals surface area contributed by atoms with Gasteiger partial charge in [0.15, 0.2) is 0 Å². The summed E-state index contributed by atoms with van der Waals surface area (Å²) in [5.74, 6) is -0.261. The standard InChI is InChI=1S/C10H14O2S/c1-4-12-10(11)8(3)9-6-5-7(2)13-9/h5-6,8H,4H2,1-3H3. The van der Waals surface area contributed by atoms with Crippen LogP contribution in [0, 0.1) is 6.92 Å². The molecule has 13 heavy (non-hydrogen) atoms. The molecule has 72 valence electrons. The van der Waals surface area contributed by atoms with Gasteiger partial charge < -0.3 is 4.74 Å². The van der Waals surface area contributed by atoms with Crippen molar-refractivity contribution in [2.24, 2.45) is 0 Å². The van der Waals surface area contributed by atoms with Crippen LogP contribution >= 0.6 is 11.3 Å². The lowest BCUT2D eigenvalue weighted by atomic mass is 10.1. The molecule has 0 bridgehead atoms. The molecule has 0 aliphatic carbocycles. The second-order valence-electron chi connectivity index (χ2n) is 2.92. The molecule has 1 atom stereocenters. The van der Waals surface area contributed by atoms with Crippen LogP contribution in [0.1, 0.15) is 29.5 Å². The highest BCUT2D eigenvalue weighted by Gasteiger charge is 2.17. The summed E-state index contributed by atoms with van der Waals surface area (Å²) in [5, 5.41) is 0. The van der Waals surface area contributed by atoms with Crippen molar-refractivity contribution in [1.82, 2.24) is 0 Å². The van der Waals surface area contributed by atoms with Crippen molar-refractivity contribution in [3.8, 4) is 0 Å². The van der Waals surface area contributed by atoms with E-state index in [-0.39, 0.29) is 11.9 Å². The highest BCUT2D eigenvalue weighted by atomic mass is 32.1. The fourth-order valence-electron chi connectivity index (χ4n) is 1.07. The van der Waals surface area contributed by atoms with Crippen LogP contribution in [-0.2, 0) is 9.53 Å². The molecular weight excluding hydrogens is 184 g/mol. The lowest BCUT2D eigenvalue weighted by Gasteiger charge is -2.07. The summed E-state index contributed by atoms with van der Waals surface area (Å²) in [5.41, 5.74) is 0. The topological polar surface area (TPSA) is 26.3 Å². The zero-order valence-electron chi connectivity index (χ0n) is 8.16. The smallest absolute Gasteiger partial charge is 0.313 e. The predicted octanol–water partition coefficient (Wildman–Crippen LogP) is 2.72. The van der Waals surface area contributed by atoms with Gasteiger partial charge in [0.2, 0.25) is 0 Å². The third-order valence-corrected chi connectivity index (χ3v) is 3.01. The molecule has 0 aliphatic heterocycles. The summed E-state index contributed by atoms with van der Waals surface area (Å²) in [4.78, 5) is 13.6. The Balaban J connectivity index is 2.67. The van der Waals surface area contributed by atoms with Crippen LogP contribution in [-0.4, -0.2) is 12.6 Å². The summed E-state index contributed by atoms with van der Waals surface area (Å²) >= 11 is 1.65. The highest BCUT2D eigenvalue weighted by molar-refractivity contribution is 7.12. The minimum Gasteiger partial charge on any atom is -0.466 e. The van der Waals surface area contributed by atoms with E-state index in [2.05, 4.69) is 0 Å². The predicted molar refractivity (Wildman–Crippen MR) is 54.1 cm³/mol. The van der Waals surface area contributed by atoms with Gasteiger partial charge in [-0.25, -0.2) is 0 Å². The van der Waals surface area contributed by atoms with Gasteiger partial charge in [0.05, 0.1) is 12.5 Å². The largest absolute Gasteiger partial charge is 0.466 e. The first kappa shape index (κ1) is 10.3. The molecule has 0 aliphatic rings. The molecule has 1 unspecified atom stereocenters. The molecule has 2 nitrogen and oxygen atoms in total. The highest BCUT2D eigenvalue weighted by Crippen LogP contribution is 2.24. The minimum atomic E-state index is -0.135. The van der Waals surface area contributed by atoms with Gasteiger partial charge in [0, 0.05) is 9.75 Å². The summed E-state index contributed by atoms with van der Waals surface area (Å²) in [6.07, 6.45) is 0. The Hall–Kier alpha value is -0.830. The average molecular weight is 198 g/mol. The maximum absolute atomic E-state index is 11.3. The van der Waals surface area contributed by atoms with E-state index in [1.807, 2.05) is 32.9 Å². The number of carbonyl (C=O) groups is 1. The quantitative estimate of drug-likeness (QED) is 0.698. The van der Waals surface area contributed by atoms with Crippen LogP contribution in [0.15, 0.2) is 12.1 Å². The van der Waals surface area contributed by atoms with E-state index in [1.54, 1.807) is 11.3 Å². The molecule has 1 rings (SSSR count). The van der Waals surface area contributed by atoms with Gasteiger partial charge in [-0.3, -0.25) is 4.79 Å². The van der Waals surface area contributed by atoms with Crippen LogP contribution < -0.4 is 0 Å². The van der Waals surface area contributed by atoms with Crippen molar-refractivity contribution in [1.29, 1.82) is 0 Å². The Kier molecular flexibility index (Phi) is 3.48. The fraction of sp³-hybridized carbons (Fsp3) is 0.500. The molecule has 0 N–H and O–H groups in total. The van der Waals surface area contributed by atoms with Gasteiger partial charge in [0.25, 0.3) is 0 Å². The Morgan fingerprint density at radius 3 is 2.77 bits per heavy atom. The Morgan fingerprint density at radius 1 is 1.62 bits per heavy atom. The molecule has 0 saturated heterocycles. The van der Waals surface area contributed by atoms with Crippen LogP contribution in [0.4, 0.5) is 0 Å². The van der Waals surface area contributed by atoms with Gasteiger partial charge in [-0.2, -0.15) is 0 Å². The molecule has 3 heteroatoms. The molecule has 1 heterocycles. The number of carbonyl (C=O) groups excluding carboxylic acids is 1. The lowest BCUT2D eigenvalue weighted by molar-refractivity contribution is -0.144. The second kappa shape index (κ2) is 4.42. The number of ether oxygens (including phenoxy) is 1. The Morgan fingerprint density at radius 2 is 2.31 bits per heavy atom. The average Bonchev–Trinajstić information content (AvgIpc) is 2.51. The van der Waals surface area contributed by atoms with Crippen molar-refractivity contribution in [2.75, 3.05) is 6.61 Å². The van der Waals surface area contributed by atoms with Gasteiger partial charge in [-0.15, -0.1) is 11.3 Å². The van der Waals surface area contributed by atoms with Gasteiger partial charge in [-0.05, 0) is 32.9 Å². The molecule has 0 saturated carbocycles.